The van der Waals surface area contributed by atoms with E-state index >= 15 is 0 Å². The smallest absolute Gasteiger partial charge is 0.414 e. The Morgan fingerprint density at radius 3 is 1.94 bits per heavy atom. The summed E-state index contributed by atoms with van der Waals surface area (Å²) in [6.45, 7) is 6.04. The van der Waals surface area contributed by atoms with Crippen molar-refractivity contribution in [3.63, 3.8) is 0 Å². The Morgan fingerprint density at radius 2 is 1.41 bits per heavy atom. The lowest BCUT2D eigenvalue weighted by molar-refractivity contribution is -0.159. The molecule has 1 saturated heterocycles. The summed E-state index contributed by atoms with van der Waals surface area (Å²) in [5.74, 6) is -1.54. The molecule has 2 aromatic rings. The highest BCUT2D eigenvalue weighted by atomic mass is 16.5. The summed E-state index contributed by atoms with van der Waals surface area (Å²) < 4.78 is 16.5. The lowest BCUT2D eigenvalue weighted by atomic mass is 10.1. The van der Waals surface area contributed by atoms with Crippen molar-refractivity contribution >= 4 is 18.0 Å². The van der Waals surface area contributed by atoms with Gasteiger partial charge in [0.15, 0.2) is 11.5 Å². The van der Waals surface area contributed by atoms with Crippen LogP contribution in [0.25, 0.3) is 6.08 Å². The summed E-state index contributed by atoms with van der Waals surface area (Å²) >= 11 is 0. The molecule has 184 valence electrons. The molecule has 3 rings (SSSR count). The molecule has 1 fully saturated rings. The molecule has 0 atom stereocenters. The summed E-state index contributed by atoms with van der Waals surface area (Å²) in [7, 11) is 4.96. The van der Waals surface area contributed by atoms with E-state index in [1.54, 1.807) is 21.3 Å². The second-order valence-corrected chi connectivity index (χ2v) is 7.49. The topological polar surface area (TPSA) is 109 Å². The van der Waals surface area contributed by atoms with Crippen LogP contribution in [-0.2, 0) is 16.1 Å². The molecule has 0 unspecified atom stereocenters. The Morgan fingerprint density at radius 1 is 0.824 bits per heavy atom. The molecule has 1 aliphatic rings. The van der Waals surface area contributed by atoms with Crippen molar-refractivity contribution < 1.29 is 34.0 Å². The summed E-state index contributed by atoms with van der Waals surface area (Å²) in [6, 6.07) is 14.5. The van der Waals surface area contributed by atoms with Crippen molar-refractivity contribution in [3.8, 4) is 17.2 Å². The zero-order valence-electron chi connectivity index (χ0n) is 19.8. The molecule has 1 heterocycles. The quantitative estimate of drug-likeness (QED) is 0.561. The predicted octanol–water partition coefficient (Wildman–Crippen LogP) is 2.70. The molecule has 0 aliphatic carbocycles. The molecule has 2 N–H and O–H groups in total. The van der Waals surface area contributed by atoms with Gasteiger partial charge in [-0.05, 0) is 11.6 Å². The fraction of sp³-hybridized carbons (Fsp3) is 0.360. The van der Waals surface area contributed by atoms with E-state index in [2.05, 4.69) is 52.3 Å². The second kappa shape index (κ2) is 13.9. The molecular weight excluding hydrogens is 440 g/mol. The number of rotatable bonds is 8. The third kappa shape index (κ3) is 8.09. The third-order valence-electron chi connectivity index (χ3n) is 5.30. The van der Waals surface area contributed by atoms with Gasteiger partial charge in [0.05, 0.1) is 21.3 Å². The van der Waals surface area contributed by atoms with Gasteiger partial charge in [0.2, 0.25) is 5.75 Å². The zero-order chi connectivity index (χ0) is 24.9. The Bertz CT molecular complexity index is 943. The molecule has 9 heteroatoms. The van der Waals surface area contributed by atoms with Gasteiger partial charge >= 0.3 is 11.9 Å². The van der Waals surface area contributed by atoms with Crippen molar-refractivity contribution in [2.75, 3.05) is 54.1 Å². The highest BCUT2D eigenvalue weighted by Crippen LogP contribution is 2.40. The first-order chi connectivity index (χ1) is 16.4. The van der Waals surface area contributed by atoms with Gasteiger partial charge in [-0.25, -0.2) is 9.59 Å². The maximum Gasteiger partial charge on any atom is 0.414 e. The Hall–Kier alpha value is -3.56. The van der Waals surface area contributed by atoms with Crippen LogP contribution in [0, 0.1) is 0 Å². The van der Waals surface area contributed by atoms with Gasteiger partial charge in [0, 0.05) is 44.8 Å². The number of methoxy groups -OCH3 is 3. The van der Waals surface area contributed by atoms with Crippen molar-refractivity contribution in [3.05, 3.63) is 59.7 Å². The molecular formula is C25H32N2O7. The lowest BCUT2D eigenvalue weighted by Gasteiger charge is -2.34. The first-order valence-electron chi connectivity index (χ1n) is 10.8. The SMILES string of the molecule is COc1ccc(CN2CCN(C/C=C/c3ccccc3)CC2)c(OC)c1OC.O=C(O)C(=O)O. The van der Waals surface area contributed by atoms with E-state index in [0.717, 1.165) is 50.6 Å². The molecule has 2 aromatic carbocycles. The summed E-state index contributed by atoms with van der Waals surface area (Å²) in [5, 5.41) is 14.8. The Balaban J connectivity index is 0.000000604. The van der Waals surface area contributed by atoms with E-state index in [-0.39, 0.29) is 0 Å². The maximum absolute atomic E-state index is 9.10. The predicted molar refractivity (Wildman–Crippen MR) is 129 cm³/mol. The van der Waals surface area contributed by atoms with Gasteiger partial charge in [-0.2, -0.15) is 0 Å². The average molecular weight is 473 g/mol. The maximum atomic E-state index is 9.10. The number of ether oxygens (including phenoxy) is 3. The molecule has 0 spiro atoms. The number of carboxylic acids is 2. The van der Waals surface area contributed by atoms with Crippen LogP contribution in [0.1, 0.15) is 11.1 Å². The largest absolute Gasteiger partial charge is 0.493 e. The number of nitrogens with zero attached hydrogens (tertiary/aromatic N) is 2. The van der Waals surface area contributed by atoms with E-state index in [4.69, 9.17) is 34.0 Å². The number of carbonyl (C=O) groups is 2. The minimum Gasteiger partial charge on any atom is -0.493 e. The van der Waals surface area contributed by atoms with Crippen LogP contribution in [0.15, 0.2) is 48.5 Å². The Kier molecular flexibility index (Phi) is 10.9. The number of piperazine rings is 1. The van der Waals surface area contributed by atoms with Gasteiger partial charge < -0.3 is 24.4 Å². The van der Waals surface area contributed by atoms with Crippen LogP contribution in [0.5, 0.6) is 17.2 Å². The van der Waals surface area contributed by atoms with E-state index in [1.807, 2.05) is 12.1 Å². The van der Waals surface area contributed by atoms with E-state index in [1.165, 1.54) is 5.56 Å². The van der Waals surface area contributed by atoms with Gasteiger partial charge in [-0.3, -0.25) is 9.80 Å². The van der Waals surface area contributed by atoms with Crippen LogP contribution < -0.4 is 14.2 Å². The average Bonchev–Trinajstić information content (AvgIpc) is 2.85. The van der Waals surface area contributed by atoms with Crippen molar-refractivity contribution in [2.45, 2.75) is 6.54 Å². The third-order valence-corrected chi connectivity index (χ3v) is 5.30. The molecule has 0 radical (unpaired) electrons. The highest BCUT2D eigenvalue weighted by molar-refractivity contribution is 6.27. The highest BCUT2D eigenvalue weighted by Gasteiger charge is 2.20. The van der Waals surface area contributed by atoms with Crippen LogP contribution in [0.4, 0.5) is 0 Å². The first-order valence-corrected chi connectivity index (χ1v) is 10.8. The van der Waals surface area contributed by atoms with Crippen LogP contribution >= 0.6 is 0 Å². The van der Waals surface area contributed by atoms with Gasteiger partial charge in [-0.15, -0.1) is 0 Å². The van der Waals surface area contributed by atoms with Crippen LogP contribution in [0.2, 0.25) is 0 Å². The molecule has 1 aliphatic heterocycles. The normalized spacial score (nSPS) is 14.2. The number of benzene rings is 2. The van der Waals surface area contributed by atoms with Gasteiger partial charge in [-0.1, -0.05) is 48.6 Å². The summed E-state index contributed by atoms with van der Waals surface area (Å²) in [6.07, 6.45) is 4.45. The molecule has 34 heavy (non-hydrogen) atoms. The van der Waals surface area contributed by atoms with Gasteiger partial charge in [0.25, 0.3) is 0 Å². The minimum atomic E-state index is -1.82. The lowest BCUT2D eigenvalue weighted by Crippen LogP contribution is -2.45. The minimum absolute atomic E-state index is 0.659. The fourth-order valence-corrected chi connectivity index (χ4v) is 3.56. The number of carboxylic acid groups (broad SMARTS) is 2. The summed E-state index contributed by atoms with van der Waals surface area (Å²) in [4.78, 5) is 23.1. The second-order valence-electron chi connectivity index (χ2n) is 7.49. The molecule has 9 nitrogen and oxygen atoms in total. The fourth-order valence-electron chi connectivity index (χ4n) is 3.56. The van der Waals surface area contributed by atoms with Gasteiger partial charge in [0.1, 0.15) is 0 Å². The van der Waals surface area contributed by atoms with E-state index in [9.17, 15) is 0 Å². The van der Waals surface area contributed by atoms with Crippen molar-refractivity contribution in [2.24, 2.45) is 0 Å². The summed E-state index contributed by atoms with van der Waals surface area (Å²) in [5.41, 5.74) is 2.37. The van der Waals surface area contributed by atoms with Crippen LogP contribution in [0.3, 0.4) is 0 Å². The number of aliphatic carboxylic acids is 2. The first kappa shape index (κ1) is 26.7. The molecule has 0 bridgehead atoms. The monoisotopic (exact) mass is 472 g/mol. The number of hydrogen-bond acceptors (Lipinski definition) is 7. The molecule has 0 aromatic heterocycles. The van der Waals surface area contributed by atoms with Crippen molar-refractivity contribution in [1.82, 2.24) is 9.80 Å². The standard InChI is InChI=1S/C23H30N2O3.C2H2O4/c1-26-21-12-11-20(22(27-2)23(21)28-3)18-25-16-14-24(15-17-25)13-7-10-19-8-5-4-6-9-19;3-1(4)2(5)6/h4-12H,13-18H2,1-3H3;(H,3,4)(H,5,6)/b10-7+;. The molecule has 0 amide bonds. The van der Waals surface area contributed by atoms with Crippen LogP contribution in [-0.4, -0.2) is 86.0 Å². The number of hydrogen-bond donors (Lipinski definition) is 2. The Labute approximate surface area is 199 Å². The zero-order valence-corrected chi connectivity index (χ0v) is 19.8. The van der Waals surface area contributed by atoms with Crippen molar-refractivity contribution in [1.29, 1.82) is 0 Å². The molecule has 0 saturated carbocycles. The van der Waals surface area contributed by atoms with E-state index < -0.39 is 11.9 Å². The van der Waals surface area contributed by atoms with E-state index in [0.29, 0.717) is 11.5 Å².